The average Bonchev–Trinajstić information content (AvgIpc) is 2.72. The van der Waals surface area contributed by atoms with Gasteiger partial charge >= 0.3 is 0 Å². The Balaban J connectivity index is 1.98. The first kappa shape index (κ1) is 20.6. The zero-order valence-corrected chi connectivity index (χ0v) is 17.0. The summed E-state index contributed by atoms with van der Waals surface area (Å²) in [4.78, 5) is 15.1. The second-order valence-electron chi connectivity index (χ2n) is 6.85. The van der Waals surface area contributed by atoms with E-state index >= 15 is 0 Å². The lowest BCUT2D eigenvalue weighted by Crippen LogP contribution is -2.34. The van der Waals surface area contributed by atoms with Crippen LogP contribution in [0.3, 0.4) is 0 Å². The Morgan fingerprint density at radius 2 is 1.38 bits per heavy atom. The van der Waals surface area contributed by atoms with Crippen molar-refractivity contribution in [1.29, 1.82) is 0 Å². The summed E-state index contributed by atoms with van der Waals surface area (Å²) >= 11 is 0. The third-order valence-corrected chi connectivity index (χ3v) is 4.70. The maximum Gasteiger partial charge on any atom is 0.203 e. The lowest BCUT2D eigenvalue weighted by atomic mass is 9.94. The van der Waals surface area contributed by atoms with Gasteiger partial charge in [0.1, 0.15) is 5.82 Å². The van der Waals surface area contributed by atoms with Crippen LogP contribution in [0.2, 0.25) is 0 Å². The molecule has 0 N–H and O–H groups in total. The van der Waals surface area contributed by atoms with Crippen LogP contribution in [0.15, 0.2) is 47.5 Å². The number of carbonyl (C=O) groups excluding carboxylic acids is 1. The predicted octanol–water partition coefficient (Wildman–Crippen LogP) is 3.83. The van der Waals surface area contributed by atoms with Crippen molar-refractivity contribution in [2.24, 2.45) is 0 Å². The van der Waals surface area contributed by atoms with Crippen molar-refractivity contribution in [3.8, 4) is 17.2 Å². The van der Waals surface area contributed by atoms with Gasteiger partial charge in [-0.05, 0) is 54.6 Å². The Morgan fingerprint density at radius 1 is 0.862 bits per heavy atom. The van der Waals surface area contributed by atoms with E-state index in [-0.39, 0.29) is 11.6 Å². The van der Waals surface area contributed by atoms with Crippen molar-refractivity contribution in [1.82, 2.24) is 4.90 Å². The van der Waals surface area contributed by atoms with Crippen molar-refractivity contribution in [2.75, 3.05) is 41.5 Å². The Hall–Kier alpha value is -3.12. The molecule has 2 aromatic carbocycles. The number of methoxy groups -OCH3 is 3. The predicted molar refractivity (Wildman–Crippen MR) is 111 cm³/mol. The van der Waals surface area contributed by atoms with Crippen molar-refractivity contribution in [2.45, 2.75) is 0 Å². The molecule has 0 saturated carbocycles. The fourth-order valence-corrected chi connectivity index (χ4v) is 3.36. The van der Waals surface area contributed by atoms with Gasteiger partial charge in [0.05, 0.1) is 21.3 Å². The first-order chi connectivity index (χ1) is 13.9. The van der Waals surface area contributed by atoms with Gasteiger partial charge in [0.2, 0.25) is 5.75 Å². The molecule has 0 radical (unpaired) electrons. The largest absolute Gasteiger partial charge is 0.493 e. The molecule has 0 amide bonds. The third kappa shape index (κ3) is 4.66. The summed E-state index contributed by atoms with van der Waals surface area (Å²) in [6.07, 6.45) is 3.64. The molecule has 1 aliphatic heterocycles. The molecule has 3 rings (SSSR count). The number of hydrogen-bond acceptors (Lipinski definition) is 5. The van der Waals surface area contributed by atoms with E-state index in [4.69, 9.17) is 14.2 Å². The number of nitrogens with zero attached hydrogens (tertiary/aromatic N) is 1. The zero-order valence-electron chi connectivity index (χ0n) is 17.0. The minimum atomic E-state index is -0.303. The Kier molecular flexibility index (Phi) is 6.34. The van der Waals surface area contributed by atoms with Crippen molar-refractivity contribution in [3.05, 3.63) is 64.5 Å². The fraction of sp³-hybridized carbons (Fsp3) is 0.261. The number of likely N-dealkylation sites (tertiary alicyclic amines) is 1. The molecule has 29 heavy (non-hydrogen) atoms. The molecule has 0 unspecified atom stereocenters. The number of carbonyl (C=O) groups is 1. The van der Waals surface area contributed by atoms with E-state index in [2.05, 4.69) is 4.90 Å². The van der Waals surface area contributed by atoms with Gasteiger partial charge < -0.3 is 14.2 Å². The van der Waals surface area contributed by atoms with E-state index in [0.717, 1.165) is 11.1 Å². The molecule has 1 fully saturated rings. The van der Waals surface area contributed by atoms with Crippen LogP contribution in [-0.2, 0) is 4.79 Å². The Morgan fingerprint density at radius 3 is 1.86 bits per heavy atom. The van der Waals surface area contributed by atoms with Crippen LogP contribution < -0.4 is 14.2 Å². The van der Waals surface area contributed by atoms with Gasteiger partial charge in [-0.1, -0.05) is 12.1 Å². The number of likely N-dealkylation sites (N-methyl/N-ethyl adjacent to an activating group) is 1. The van der Waals surface area contributed by atoms with Crippen LogP contribution in [0.4, 0.5) is 4.39 Å². The Labute approximate surface area is 170 Å². The maximum atomic E-state index is 13.2. The summed E-state index contributed by atoms with van der Waals surface area (Å²) in [5, 5.41) is 0. The number of piperidine rings is 1. The summed E-state index contributed by atoms with van der Waals surface area (Å²) in [6.45, 7) is 1.05. The molecule has 0 bridgehead atoms. The lowest BCUT2D eigenvalue weighted by Gasteiger charge is -2.26. The molecule has 0 atom stereocenters. The minimum Gasteiger partial charge on any atom is -0.493 e. The highest BCUT2D eigenvalue weighted by Crippen LogP contribution is 2.39. The van der Waals surface area contributed by atoms with Gasteiger partial charge in [0.15, 0.2) is 17.3 Å². The number of benzene rings is 2. The molecule has 152 valence electrons. The monoisotopic (exact) mass is 397 g/mol. The van der Waals surface area contributed by atoms with Crippen LogP contribution in [0.5, 0.6) is 17.2 Å². The molecule has 0 aliphatic carbocycles. The van der Waals surface area contributed by atoms with Gasteiger partial charge in [-0.3, -0.25) is 9.69 Å². The molecule has 5 nitrogen and oxygen atoms in total. The summed E-state index contributed by atoms with van der Waals surface area (Å²) in [6, 6.07) is 9.70. The van der Waals surface area contributed by atoms with Gasteiger partial charge in [-0.2, -0.15) is 0 Å². The number of halogens is 1. The van der Waals surface area contributed by atoms with Gasteiger partial charge in [-0.25, -0.2) is 4.39 Å². The SMILES string of the molecule is COc1cc(/C=C2\CN(C)C/C(=C\c3ccc(F)cc3)C2=O)cc(OC)c1OC. The molecular formula is C23H24FNO4. The van der Waals surface area contributed by atoms with E-state index in [1.807, 2.05) is 13.1 Å². The fourth-order valence-electron chi connectivity index (χ4n) is 3.36. The first-order valence-electron chi connectivity index (χ1n) is 9.15. The summed E-state index contributed by atoms with van der Waals surface area (Å²) in [5.41, 5.74) is 2.88. The number of ether oxygens (including phenoxy) is 3. The van der Waals surface area contributed by atoms with Crippen LogP contribution in [-0.4, -0.2) is 52.1 Å². The lowest BCUT2D eigenvalue weighted by molar-refractivity contribution is -0.113. The van der Waals surface area contributed by atoms with Crippen molar-refractivity contribution >= 4 is 17.9 Å². The van der Waals surface area contributed by atoms with Crippen LogP contribution in [0, 0.1) is 5.82 Å². The van der Waals surface area contributed by atoms with Crippen molar-refractivity contribution < 1.29 is 23.4 Å². The number of ketones is 1. The number of rotatable bonds is 5. The second-order valence-corrected chi connectivity index (χ2v) is 6.85. The van der Waals surface area contributed by atoms with Gasteiger partial charge in [0, 0.05) is 24.2 Å². The summed E-state index contributed by atoms with van der Waals surface area (Å²) in [5.74, 6) is 1.22. The summed E-state index contributed by atoms with van der Waals surface area (Å²) in [7, 11) is 6.60. The standard InChI is InChI=1S/C23H24FNO4/c1-25-13-17(9-15-5-7-19(24)8-6-15)22(26)18(14-25)10-16-11-20(27-2)23(29-4)21(12-16)28-3/h5-12H,13-14H2,1-4H3/b17-9+,18-10+. The third-order valence-electron chi connectivity index (χ3n) is 4.70. The molecule has 0 spiro atoms. The van der Waals surface area contributed by atoms with Crippen molar-refractivity contribution in [3.63, 3.8) is 0 Å². The zero-order chi connectivity index (χ0) is 21.0. The number of Topliss-reactive ketones (excluding diaryl/α,β-unsaturated/α-hetero) is 1. The van der Waals surface area contributed by atoms with E-state index in [1.165, 1.54) is 12.1 Å². The number of hydrogen-bond donors (Lipinski definition) is 0. The molecule has 1 aliphatic rings. The molecule has 1 heterocycles. The van der Waals surface area contributed by atoms with E-state index in [0.29, 0.717) is 41.5 Å². The molecule has 0 aromatic heterocycles. The van der Waals surface area contributed by atoms with Crippen LogP contribution >= 0.6 is 0 Å². The van der Waals surface area contributed by atoms with Crippen LogP contribution in [0.25, 0.3) is 12.2 Å². The molecular weight excluding hydrogens is 373 g/mol. The van der Waals surface area contributed by atoms with E-state index in [1.54, 1.807) is 51.7 Å². The molecule has 6 heteroatoms. The second kappa shape index (κ2) is 8.92. The molecule has 1 saturated heterocycles. The van der Waals surface area contributed by atoms with Crippen LogP contribution in [0.1, 0.15) is 11.1 Å². The van der Waals surface area contributed by atoms with Gasteiger partial charge in [0.25, 0.3) is 0 Å². The normalized spacial score (nSPS) is 17.6. The summed E-state index contributed by atoms with van der Waals surface area (Å²) < 4.78 is 29.3. The molecule has 2 aromatic rings. The topological polar surface area (TPSA) is 48.0 Å². The average molecular weight is 397 g/mol. The first-order valence-corrected chi connectivity index (χ1v) is 9.15. The Bertz CT molecular complexity index is 938. The quantitative estimate of drug-likeness (QED) is 0.718. The van der Waals surface area contributed by atoms with E-state index < -0.39 is 0 Å². The van der Waals surface area contributed by atoms with Gasteiger partial charge in [-0.15, -0.1) is 0 Å². The highest BCUT2D eigenvalue weighted by molar-refractivity contribution is 6.14. The smallest absolute Gasteiger partial charge is 0.203 e. The van der Waals surface area contributed by atoms with E-state index in [9.17, 15) is 9.18 Å². The highest BCUT2D eigenvalue weighted by atomic mass is 19.1. The highest BCUT2D eigenvalue weighted by Gasteiger charge is 2.24. The minimum absolute atomic E-state index is 0.0267. The maximum absolute atomic E-state index is 13.2.